The second-order valence-corrected chi connectivity index (χ2v) is 29.8. The average Bonchev–Trinajstić information content (AvgIpc) is 1.62. The van der Waals surface area contributed by atoms with Crippen molar-refractivity contribution in [1.29, 1.82) is 21.0 Å². The molecule has 0 spiro atoms. The van der Waals surface area contributed by atoms with Crippen molar-refractivity contribution >= 4 is 148 Å². The molecule has 42 nitrogen and oxygen atoms in total. The van der Waals surface area contributed by atoms with Gasteiger partial charge in [0.25, 0.3) is 41.2 Å². The van der Waals surface area contributed by atoms with E-state index in [1.807, 2.05) is 12.1 Å². The summed E-state index contributed by atoms with van der Waals surface area (Å²) in [6.45, 7) is 8.80. The van der Waals surface area contributed by atoms with Crippen LogP contribution in [0.1, 0.15) is 103 Å². The van der Waals surface area contributed by atoms with Crippen LogP contribution in [0.25, 0.3) is 59.8 Å². The summed E-state index contributed by atoms with van der Waals surface area (Å²) in [7, 11) is 0. The van der Waals surface area contributed by atoms with Gasteiger partial charge >= 0.3 is 0 Å². The summed E-state index contributed by atoms with van der Waals surface area (Å²) in [6.07, 6.45) is 7.88. The number of carbonyl (C=O) groups excluding carboxylic acids is 5. The van der Waals surface area contributed by atoms with Crippen molar-refractivity contribution in [1.82, 2.24) is 59.4 Å². The fraction of sp³-hybridized carbons (Fsp3) is 0.0505. The lowest BCUT2D eigenvalue weighted by molar-refractivity contribution is 0.101. The molecule has 18 aromatic rings. The normalized spacial score (nSPS) is 11.0. The molecule has 0 bridgehead atoms. The van der Waals surface area contributed by atoms with E-state index in [0.29, 0.717) is 100 Å². The first-order chi connectivity index (χ1) is 68.7. The largest absolute Gasteiger partial charge is 0.505 e. The number of rotatable bonds is 23. The summed E-state index contributed by atoms with van der Waals surface area (Å²) >= 11 is 0. The number of azo groups is 4. The predicted molar refractivity (Wildman–Crippen MR) is 511 cm³/mol. The summed E-state index contributed by atoms with van der Waals surface area (Å²) in [5, 5.41) is 177. The van der Waals surface area contributed by atoms with E-state index in [4.69, 9.17) is 27.3 Å². The van der Waals surface area contributed by atoms with Crippen LogP contribution in [-0.2, 0) is 26.4 Å². The molecule has 12 aromatic carbocycles. The van der Waals surface area contributed by atoms with Gasteiger partial charge in [0.1, 0.15) is 47.0 Å². The van der Waals surface area contributed by atoms with E-state index in [2.05, 4.69) is 117 Å². The van der Waals surface area contributed by atoms with Crippen LogP contribution in [0, 0.1) is 58.8 Å². The maximum atomic E-state index is 13.1. The predicted octanol–water partition coefficient (Wildman–Crippen LogP) is 18.4. The number of phenols is 4. The molecule has 0 radical (unpaired) electrons. The number of aromatic hydroxyl groups is 4. The molecule has 42 heteroatoms. The topological polar surface area (TPSA) is 638 Å². The highest BCUT2D eigenvalue weighted by atomic mass is 16.3. The highest BCUT2D eigenvalue weighted by Gasteiger charge is 2.28. The first kappa shape index (κ1) is 94.8. The number of aromatic nitrogens is 12. The van der Waals surface area contributed by atoms with Gasteiger partial charge in [0.05, 0.1) is 72.7 Å². The first-order valence-electron chi connectivity index (χ1n) is 41.7. The van der Waals surface area contributed by atoms with Crippen LogP contribution in [-0.4, -0.2) is 130 Å². The number of nitriles is 4. The zero-order chi connectivity index (χ0) is 99.2. The van der Waals surface area contributed by atoms with Crippen molar-refractivity contribution in [2.75, 3.05) is 21.3 Å². The molecule has 0 aliphatic carbocycles. The average molecular weight is 1870 g/mol. The van der Waals surface area contributed by atoms with Crippen molar-refractivity contribution in [3.63, 3.8) is 0 Å². The molecular formula is C99H69N29O13. The van der Waals surface area contributed by atoms with Crippen LogP contribution in [0.15, 0.2) is 302 Å². The number of aldehydes is 1. The van der Waals surface area contributed by atoms with Gasteiger partial charge in [-0.05, 0) is 136 Å². The molecule has 18 rings (SSSR count). The molecule has 6 aromatic heterocycles. The van der Waals surface area contributed by atoms with Crippen LogP contribution < -0.4 is 21.3 Å². The number of nitrogens with one attached hydrogen (secondary N) is 6. The number of imidazole rings is 2. The molecule has 0 unspecified atom stereocenters. The van der Waals surface area contributed by atoms with Gasteiger partial charge in [-0.1, -0.05) is 146 Å². The van der Waals surface area contributed by atoms with E-state index in [0.717, 1.165) is 0 Å². The Balaban J connectivity index is 0.000000143. The Kier molecular flexibility index (Phi) is 29.3. The Hall–Kier alpha value is -20.9. The monoisotopic (exact) mass is 1870 g/mol. The smallest absolute Gasteiger partial charge is 0.259 e. The third kappa shape index (κ3) is 21.3. The third-order valence-corrected chi connectivity index (χ3v) is 20.9. The number of fused-ring (bicyclic) bond motifs is 4. The van der Waals surface area contributed by atoms with Gasteiger partial charge < -0.3 is 67.1 Å². The van der Waals surface area contributed by atoms with E-state index in [9.17, 15) is 65.1 Å². The minimum absolute atomic E-state index is 0.00892. The Morgan fingerprint density at radius 1 is 0.440 bits per heavy atom. The molecule has 6 heterocycles. The third-order valence-electron chi connectivity index (χ3n) is 20.9. The van der Waals surface area contributed by atoms with Crippen molar-refractivity contribution in [2.24, 2.45) is 40.9 Å². The SMILES string of the molecule is N#Cc1nc(N=Nc2c(O)c(C(=O)Nc3ccc(CO)cc3)cc3ccccc23)[nH]c1C#N.N#Cc1nc(N=Nc2c(O)c(C(=O)Nc3ccc(CO)cc3)cc3ccccc23)n(-c2ncccn2)c1C#N.O=Cc1cn[nH]c1N=Nc1c(O)c(C(=O)Nc2ccc(CO)cc2)cc2ccccc12.[C-]#[N+]c1c(C)nn(-c2ncccn2)c1N=Nc1c(O)c(C(=O)Nc2ccc(CO)cc2)cc2ccccc12. The number of carbonyl (C=O) groups is 5. The number of phenolic OH excluding ortho intramolecular Hbond substituents is 4. The van der Waals surface area contributed by atoms with Gasteiger partial charge in [0, 0.05) is 69.1 Å². The number of H-pyrrole nitrogens is 2. The molecule has 0 fully saturated rings. The van der Waals surface area contributed by atoms with Crippen molar-refractivity contribution in [2.45, 2.75) is 33.4 Å². The Labute approximate surface area is 795 Å². The summed E-state index contributed by atoms with van der Waals surface area (Å²) < 4.78 is 2.48. The van der Waals surface area contributed by atoms with E-state index in [1.54, 1.807) is 237 Å². The maximum absolute atomic E-state index is 13.1. The van der Waals surface area contributed by atoms with Crippen LogP contribution in [0.4, 0.5) is 74.7 Å². The molecule has 0 aliphatic heterocycles. The Morgan fingerprint density at radius 3 is 1.15 bits per heavy atom. The molecule has 0 saturated heterocycles. The first-order valence-corrected chi connectivity index (χ1v) is 41.7. The van der Waals surface area contributed by atoms with Gasteiger partial charge in [-0.3, -0.25) is 29.1 Å². The quantitative estimate of drug-likeness (QED) is 0.0161. The zero-order valence-electron chi connectivity index (χ0n) is 73.1. The molecule has 0 aliphatic rings. The van der Waals surface area contributed by atoms with Gasteiger partial charge in [-0.2, -0.15) is 45.9 Å². The van der Waals surface area contributed by atoms with Crippen molar-refractivity contribution in [3.8, 4) is 59.2 Å². The van der Waals surface area contributed by atoms with E-state index in [1.165, 1.54) is 52.4 Å². The summed E-state index contributed by atoms with van der Waals surface area (Å²) in [4.78, 5) is 93.7. The number of hydrogen-bond acceptors (Lipinski definition) is 33. The van der Waals surface area contributed by atoms with E-state index < -0.39 is 35.1 Å². The van der Waals surface area contributed by atoms with Gasteiger partial charge in [0.2, 0.25) is 11.9 Å². The van der Waals surface area contributed by atoms with Gasteiger partial charge in [-0.15, -0.1) is 40.9 Å². The Bertz CT molecular complexity index is 8190. The summed E-state index contributed by atoms with van der Waals surface area (Å²) in [6, 6.07) is 71.5. The summed E-state index contributed by atoms with van der Waals surface area (Å²) in [5.74, 6) is -3.59. The number of hydrogen-bond donors (Lipinski definition) is 14. The number of aliphatic hydroxyl groups is 4. The highest BCUT2D eigenvalue weighted by Crippen LogP contribution is 2.46. The lowest BCUT2D eigenvalue weighted by Gasteiger charge is -2.11. The summed E-state index contributed by atoms with van der Waals surface area (Å²) in [5.41, 5.74) is 5.09. The number of aryl methyl sites for hydroxylation is 1. The maximum Gasteiger partial charge on any atom is 0.259 e. The fourth-order valence-electron chi connectivity index (χ4n) is 13.9. The van der Waals surface area contributed by atoms with Gasteiger partial charge in [0.15, 0.2) is 63.7 Å². The van der Waals surface area contributed by atoms with Crippen molar-refractivity contribution in [3.05, 3.63) is 351 Å². The lowest BCUT2D eigenvalue weighted by atomic mass is 10.0. The number of nitrogens with zero attached hydrogens (tertiary/aromatic N) is 23. The zero-order valence-corrected chi connectivity index (χ0v) is 73.1. The number of benzene rings is 12. The minimum Gasteiger partial charge on any atom is -0.505 e. The van der Waals surface area contributed by atoms with E-state index >= 15 is 0 Å². The van der Waals surface area contributed by atoms with E-state index in [-0.39, 0.29) is 152 Å². The van der Waals surface area contributed by atoms with Crippen LogP contribution in [0.3, 0.4) is 0 Å². The molecule has 0 saturated carbocycles. The molecule has 141 heavy (non-hydrogen) atoms. The number of aromatic amines is 2. The minimum atomic E-state index is -0.593. The van der Waals surface area contributed by atoms with Crippen molar-refractivity contribution < 1.29 is 64.8 Å². The number of amides is 4. The molecule has 688 valence electrons. The molecular weight excluding hydrogens is 1800 g/mol. The van der Waals surface area contributed by atoms with Gasteiger partial charge in [-0.25, -0.2) is 29.3 Å². The molecule has 4 amide bonds. The number of anilines is 4. The molecule has 14 N–H and O–H groups in total. The van der Waals surface area contributed by atoms with Crippen LogP contribution in [0.2, 0.25) is 0 Å². The highest BCUT2D eigenvalue weighted by molar-refractivity contribution is 6.15. The fourth-order valence-corrected chi connectivity index (χ4v) is 13.9. The second-order valence-electron chi connectivity index (χ2n) is 29.8. The van der Waals surface area contributed by atoms with Crippen LogP contribution >= 0.6 is 0 Å². The second kappa shape index (κ2) is 43.7. The Morgan fingerprint density at radius 2 is 0.801 bits per heavy atom. The lowest BCUT2D eigenvalue weighted by Crippen LogP contribution is -2.12. The molecule has 0 atom stereocenters. The number of aliphatic hydroxyl groups excluding tert-OH is 4. The van der Waals surface area contributed by atoms with Crippen LogP contribution in [0.5, 0.6) is 23.0 Å². The standard InChI is InChI=1S/C27H17N9O3.C27H20N8O3.C23H15N7O3.C22H17N5O4/c28-13-21-22(14-29)36(26-30-10-3-11-31-26)27(33-21)35-34-23-19-5-2-1-4-17(19)12-20(24(23)38)25(39)32-18-8-6-16(15-37)7-9-18;1-16-22(28-2)25(35(34-16)27-29-12-5-13-30-27)33-32-23-20-7-4-3-6-18(20)14-21(24(23)37)26(38)31-19-10-8-17(15-36)9-11-19;24-10-18-19(11-25)28-23(27-18)30-29-20-16-4-2-1-3-14(16)9-17(21(20)32)22(33)26-15-7-5-13(12-31)6-8-15;28-11-13-5-7-16(8-6-13)24-22(31)18-9-14-3-1-2-4-17(14)19(20(18)30)25-27-21-15(12-29)10-23-26-21/h1-12,37-38H,15H2,(H,32,39);3-14,36-37H,15H2,1H3,(H,31,38);1-9,31-32H,12H2,(H,26,33)(H,27,28);1-10,12,28,30H,11H2,(H,23,26)(H,24,31).